The molecular formula is C17H16ClN3O4S. The zero-order chi connectivity index (χ0) is 18.3. The van der Waals surface area contributed by atoms with Crippen molar-refractivity contribution in [3.8, 4) is 0 Å². The van der Waals surface area contributed by atoms with Gasteiger partial charge in [0.05, 0.1) is 16.1 Å². The van der Waals surface area contributed by atoms with E-state index in [2.05, 4.69) is 4.98 Å². The molecule has 7 nitrogen and oxygen atoms in total. The van der Waals surface area contributed by atoms with Gasteiger partial charge in [-0.2, -0.15) is 4.31 Å². The second-order valence-electron chi connectivity index (χ2n) is 6.02. The van der Waals surface area contributed by atoms with Crippen molar-refractivity contribution in [2.75, 3.05) is 31.1 Å². The minimum absolute atomic E-state index is 0.192. The molecule has 0 aliphatic carbocycles. The molecule has 0 bridgehead atoms. The van der Waals surface area contributed by atoms with E-state index in [-0.39, 0.29) is 4.90 Å². The molecule has 1 aliphatic rings. The number of fused-ring (bicyclic) bond motifs is 1. The molecule has 0 amide bonds. The molecule has 0 unspecified atom stereocenters. The number of aromatic amines is 1. The number of H-pyrrole nitrogens is 1. The maximum Gasteiger partial charge on any atom is 0.417 e. The molecule has 3 aromatic rings. The third kappa shape index (κ3) is 3.00. The molecule has 0 radical (unpaired) electrons. The van der Waals surface area contributed by atoms with E-state index < -0.39 is 15.8 Å². The van der Waals surface area contributed by atoms with Crippen molar-refractivity contribution < 1.29 is 12.8 Å². The fourth-order valence-electron chi connectivity index (χ4n) is 3.15. The summed E-state index contributed by atoms with van der Waals surface area (Å²) in [7, 11) is -3.59. The molecule has 9 heteroatoms. The number of anilines is 1. The SMILES string of the molecule is O=c1[nH]c2cccc(N3CCN(S(=O)(=O)c4cccc(Cl)c4)CC3)c2o1. The number of nitrogens with zero attached hydrogens (tertiary/aromatic N) is 2. The average molecular weight is 394 g/mol. The van der Waals surface area contributed by atoms with Gasteiger partial charge in [-0.3, -0.25) is 4.98 Å². The van der Waals surface area contributed by atoms with E-state index in [1.165, 1.54) is 10.4 Å². The van der Waals surface area contributed by atoms with Crippen LogP contribution in [0, 0.1) is 0 Å². The monoisotopic (exact) mass is 393 g/mol. The number of hydrogen-bond acceptors (Lipinski definition) is 5. The van der Waals surface area contributed by atoms with E-state index in [0.29, 0.717) is 42.3 Å². The lowest BCUT2D eigenvalue weighted by Gasteiger charge is -2.35. The maximum absolute atomic E-state index is 12.8. The van der Waals surface area contributed by atoms with Crippen molar-refractivity contribution in [2.45, 2.75) is 4.90 Å². The normalized spacial score (nSPS) is 16.3. The predicted molar refractivity (Wildman–Crippen MR) is 99.3 cm³/mol. The summed E-state index contributed by atoms with van der Waals surface area (Å²) in [6.45, 7) is 1.65. The Morgan fingerprint density at radius 1 is 1.04 bits per heavy atom. The highest BCUT2D eigenvalue weighted by Crippen LogP contribution is 2.27. The summed E-state index contributed by atoms with van der Waals surface area (Å²) in [5.74, 6) is -0.505. The number of nitrogens with one attached hydrogen (secondary N) is 1. The highest BCUT2D eigenvalue weighted by atomic mass is 35.5. The minimum atomic E-state index is -3.59. The van der Waals surface area contributed by atoms with Crippen molar-refractivity contribution in [1.29, 1.82) is 0 Å². The Bertz CT molecular complexity index is 1110. The summed E-state index contributed by atoms with van der Waals surface area (Å²) in [6.07, 6.45) is 0. The first-order valence-electron chi connectivity index (χ1n) is 8.08. The van der Waals surface area contributed by atoms with Gasteiger partial charge in [-0.25, -0.2) is 13.2 Å². The Hall–Kier alpha value is -2.29. The summed E-state index contributed by atoms with van der Waals surface area (Å²) in [5, 5.41) is 0.388. The molecule has 1 saturated heterocycles. The highest BCUT2D eigenvalue weighted by Gasteiger charge is 2.29. The van der Waals surface area contributed by atoms with Gasteiger partial charge in [-0.1, -0.05) is 23.7 Å². The van der Waals surface area contributed by atoms with E-state index in [4.69, 9.17) is 16.0 Å². The summed E-state index contributed by atoms with van der Waals surface area (Å²) < 4.78 is 32.2. The molecule has 4 rings (SSSR count). The van der Waals surface area contributed by atoms with E-state index in [9.17, 15) is 13.2 Å². The molecular weight excluding hydrogens is 378 g/mol. The quantitative estimate of drug-likeness (QED) is 0.737. The summed E-state index contributed by atoms with van der Waals surface area (Å²) in [6, 6.07) is 11.7. The third-order valence-electron chi connectivity index (χ3n) is 4.44. The zero-order valence-corrected chi connectivity index (χ0v) is 15.3. The van der Waals surface area contributed by atoms with Crippen LogP contribution < -0.4 is 10.7 Å². The lowest BCUT2D eigenvalue weighted by atomic mass is 10.2. The smallest absolute Gasteiger partial charge is 0.406 e. The standard InChI is InChI=1S/C17H16ClN3O4S/c18-12-3-1-4-13(11-12)26(23,24)21-9-7-20(8-10-21)15-6-2-5-14-16(15)25-17(22)19-14/h1-6,11H,7-10H2,(H,19,22). The maximum atomic E-state index is 12.8. The number of halogens is 1. The summed E-state index contributed by atoms with van der Waals surface area (Å²) in [5.41, 5.74) is 1.89. The average Bonchev–Trinajstić information content (AvgIpc) is 3.02. The van der Waals surface area contributed by atoms with Gasteiger partial charge < -0.3 is 9.32 Å². The van der Waals surface area contributed by atoms with Gasteiger partial charge in [0.2, 0.25) is 10.0 Å². The number of rotatable bonds is 3. The second-order valence-corrected chi connectivity index (χ2v) is 8.39. The van der Waals surface area contributed by atoms with Gasteiger partial charge in [0.15, 0.2) is 5.58 Å². The Kier molecular flexibility index (Phi) is 4.26. The first-order chi connectivity index (χ1) is 12.4. The number of sulfonamides is 1. The van der Waals surface area contributed by atoms with E-state index in [0.717, 1.165) is 5.69 Å². The number of benzene rings is 2. The predicted octanol–water partition coefficient (Wildman–Crippen LogP) is 2.29. The first kappa shape index (κ1) is 17.1. The van der Waals surface area contributed by atoms with Crippen LogP contribution in [-0.2, 0) is 10.0 Å². The van der Waals surface area contributed by atoms with Crippen LogP contribution in [0.4, 0.5) is 5.69 Å². The molecule has 2 heterocycles. The van der Waals surface area contributed by atoms with E-state index in [1.807, 2.05) is 17.0 Å². The lowest BCUT2D eigenvalue weighted by molar-refractivity contribution is 0.384. The van der Waals surface area contributed by atoms with Crippen molar-refractivity contribution >= 4 is 38.4 Å². The van der Waals surface area contributed by atoms with Crippen LogP contribution in [0.1, 0.15) is 0 Å². The largest absolute Gasteiger partial charge is 0.417 e. The van der Waals surface area contributed by atoms with E-state index >= 15 is 0 Å². The molecule has 26 heavy (non-hydrogen) atoms. The fourth-order valence-corrected chi connectivity index (χ4v) is 4.88. The number of oxazole rings is 1. The molecule has 0 atom stereocenters. The number of piperazine rings is 1. The molecule has 0 saturated carbocycles. The van der Waals surface area contributed by atoms with Crippen LogP contribution in [0.15, 0.2) is 56.6 Å². The molecule has 136 valence electrons. The Balaban J connectivity index is 1.56. The Labute approximate surface area is 154 Å². The van der Waals surface area contributed by atoms with Crippen LogP contribution in [0.3, 0.4) is 0 Å². The second kappa shape index (κ2) is 6.46. The number of aromatic nitrogens is 1. The highest BCUT2D eigenvalue weighted by molar-refractivity contribution is 7.89. The lowest BCUT2D eigenvalue weighted by Crippen LogP contribution is -2.48. The van der Waals surface area contributed by atoms with Gasteiger partial charge in [0.25, 0.3) is 0 Å². The van der Waals surface area contributed by atoms with Gasteiger partial charge >= 0.3 is 5.76 Å². The molecule has 1 fully saturated rings. The zero-order valence-electron chi connectivity index (χ0n) is 13.7. The van der Waals surface area contributed by atoms with Gasteiger partial charge in [0.1, 0.15) is 0 Å². The van der Waals surface area contributed by atoms with Gasteiger partial charge in [-0.15, -0.1) is 0 Å². The molecule has 2 aromatic carbocycles. The molecule has 1 aromatic heterocycles. The topological polar surface area (TPSA) is 86.6 Å². The van der Waals surface area contributed by atoms with Crippen LogP contribution >= 0.6 is 11.6 Å². The van der Waals surface area contributed by atoms with Crippen LogP contribution in [-0.4, -0.2) is 43.9 Å². The van der Waals surface area contributed by atoms with Crippen molar-refractivity contribution in [1.82, 2.24) is 9.29 Å². The Morgan fingerprint density at radius 3 is 2.50 bits per heavy atom. The molecule has 1 aliphatic heterocycles. The minimum Gasteiger partial charge on any atom is -0.406 e. The molecule has 0 spiro atoms. The third-order valence-corrected chi connectivity index (χ3v) is 6.57. The van der Waals surface area contributed by atoms with Gasteiger partial charge in [-0.05, 0) is 30.3 Å². The van der Waals surface area contributed by atoms with Crippen molar-refractivity contribution in [3.05, 3.63) is 58.0 Å². The van der Waals surface area contributed by atoms with Crippen LogP contribution in [0.2, 0.25) is 5.02 Å². The first-order valence-corrected chi connectivity index (χ1v) is 9.89. The van der Waals surface area contributed by atoms with Crippen molar-refractivity contribution in [3.63, 3.8) is 0 Å². The number of hydrogen-bond donors (Lipinski definition) is 1. The van der Waals surface area contributed by atoms with E-state index in [1.54, 1.807) is 24.3 Å². The number of para-hydroxylation sites is 1. The van der Waals surface area contributed by atoms with Crippen molar-refractivity contribution in [2.24, 2.45) is 0 Å². The summed E-state index contributed by atoms with van der Waals surface area (Å²) >= 11 is 5.92. The van der Waals surface area contributed by atoms with Gasteiger partial charge in [0, 0.05) is 31.2 Å². The van der Waals surface area contributed by atoms with Crippen LogP contribution in [0.5, 0.6) is 0 Å². The molecule has 1 N–H and O–H groups in total. The summed E-state index contributed by atoms with van der Waals surface area (Å²) in [4.78, 5) is 16.3. The van der Waals surface area contributed by atoms with Crippen LogP contribution in [0.25, 0.3) is 11.1 Å². The fraction of sp³-hybridized carbons (Fsp3) is 0.235. The Morgan fingerprint density at radius 2 is 1.77 bits per heavy atom.